The number of furan rings is 1. The summed E-state index contributed by atoms with van der Waals surface area (Å²) in [6.07, 6.45) is 3.64. The first-order valence-corrected chi connectivity index (χ1v) is 6.57. The average Bonchev–Trinajstić information content (AvgIpc) is 2.98. The van der Waals surface area contributed by atoms with E-state index in [0.717, 1.165) is 5.56 Å². The maximum atomic E-state index is 11.9. The lowest BCUT2D eigenvalue weighted by atomic mass is 10.1. The standard InChI is InChI=1S/C16H17NO3/c1-2-19-16(18)15(11-13-7-4-3-5-8-13)17-12-14-9-6-10-20-14/h3-10,12,15H,2,11H2,1H3. The van der Waals surface area contributed by atoms with E-state index in [2.05, 4.69) is 4.99 Å². The average molecular weight is 271 g/mol. The van der Waals surface area contributed by atoms with Crippen molar-refractivity contribution in [3.8, 4) is 0 Å². The van der Waals surface area contributed by atoms with Crippen molar-refractivity contribution in [2.75, 3.05) is 6.61 Å². The minimum Gasteiger partial charge on any atom is -0.464 e. The molecule has 0 aliphatic carbocycles. The van der Waals surface area contributed by atoms with Crippen LogP contribution in [0.2, 0.25) is 0 Å². The van der Waals surface area contributed by atoms with Crippen LogP contribution in [0.1, 0.15) is 18.2 Å². The number of hydrogen-bond donors (Lipinski definition) is 0. The molecule has 20 heavy (non-hydrogen) atoms. The molecule has 0 spiro atoms. The van der Waals surface area contributed by atoms with E-state index in [1.54, 1.807) is 31.5 Å². The number of nitrogens with zero attached hydrogens (tertiary/aromatic N) is 1. The minimum absolute atomic E-state index is 0.320. The van der Waals surface area contributed by atoms with Crippen molar-refractivity contribution in [3.63, 3.8) is 0 Å². The maximum Gasteiger partial charge on any atom is 0.331 e. The molecule has 1 heterocycles. The topological polar surface area (TPSA) is 51.8 Å². The van der Waals surface area contributed by atoms with Crippen molar-refractivity contribution in [2.45, 2.75) is 19.4 Å². The normalized spacial score (nSPS) is 12.4. The van der Waals surface area contributed by atoms with Gasteiger partial charge in [-0.2, -0.15) is 0 Å². The molecule has 0 saturated carbocycles. The quantitative estimate of drug-likeness (QED) is 0.599. The van der Waals surface area contributed by atoms with Crippen molar-refractivity contribution in [3.05, 3.63) is 60.1 Å². The SMILES string of the molecule is CCOC(=O)C(Cc1ccccc1)N=Cc1ccco1. The molecule has 0 aliphatic heterocycles. The zero-order valence-corrected chi connectivity index (χ0v) is 11.4. The number of ether oxygens (including phenoxy) is 1. The van der Waals surface area contributed by atoms with Crippen LogP contribution in [-0.2, 0) is 16.0 Å². The molecule has 4 nitrogen and oxygen atoms in total. The Balaban J connectivity index is 2.10. The fraction of sp³-hybridized carbons (Fsp3) is 0.250. The highest BCUT2D eigenvalue weighted by Gasteiger charge is 2.18. The lowest BCUT2D eigenvalue weighted by molar-refractivity contribution is -0.144. The van der Waals surface area contributed by atoms with Gasteiger partial charge in [0, 0.05) is 6.42 Å². The van der Waals surface area contributed by atoms with E-state index in [0.29, 0.717) is 18.8 Å². The van der Waals surface area contributed by atoms with E-state index in [9.17, 15) is 4.79 Å². The zero-order valence-electron chi connectivity index (χ0n) is 11.4. The van der Waals surface area contributed by atoms with Crippen LogP contribution < -0.4 is 0 Å². The molecule has 0 saturated heterocycles. The molecule has 0 bridgehead atoms. The first-order valence-electron chi connectivity index (χ1n) is 6.57. The summed E-state index contributed by atoms with van der Waals surface area (Å²) < 4.78 is 10.2. The van der Waals surface area contributed by atoms with E-state index in [-0.39, 0.29) is 5.97 Å². The van der Waals surface area contributed by atoms with Crippen LogP contribution in [-0.4, -0.2) is 24.8 Å². The Hall–Kier alpha value is -2.36. The molecule has 1 unspecified atom stereocenters. The lowest BCUT2D eigenvalue weighted by Gasteiger charge is -2.11. The molecule has 1 aromatic heterocycles. The molecule has 2 aromatic rings. The number of benzene rings is 1. The summed E-state index contributed by atoms with van der Waals surface area (Å²) >= 11 is 0. The molecule has 104 valence electrons. The fourth-order valence-electron chi connectivity index (χ4n) is 1.80. The van der Waals surface area contributed by atoms with E-state index >= 15 is 0 Å². The molecule has 1 aromatic carbocycles. The first-order chi connectivity index (χ1) is 9.79. The number of aliphatic imine (C=N–C) groups is 1. The van der Waals surface area contributed by atoms with Gasteiger partial charge in [-0.3, -0.25) is 4.99 Å². The van der Waals surface area contributed by atoms with Gasteiger partial charge in [-0.1, -0.05) is 30.3 Å². The van der Waals surface area contributed by atoms with Crippen LogP contribution >= 0.6 is 0 Å². The fourth-order valence-corrected chi connectivity index (χ4v) is 1.80. The summed E-state index contributed by atoms with van der Waals surface area (Å²) in [6, 6.07) is 12.8. The Morgan fingerprint density at radius 2 is 2.10 bits per heavy atom. The van der Waals surface area contributed by atoms with Gasteiger partial charge in [0.15, 0.2) is 6.04 Å². The molecule has 0 amide bonds. The van der Waals surface area contributed by atoms with Gasteiger partial charge in [0.2, 0.25) is 0 Å². The zero-order chi connectivity index (χ0) is 14.2. The smallest absolute Gasteiger partial charge is 0.331 e. The van der Waals surface area contributed by atoms with Gasteiger partial charge in [-0.05, 0) is 24.6 Å². The monoisotopic (exact) mass is 271 g/mol. The highest BCUT2D eigenvalue weighted by Crippen LogP contribution is 2.08. The van der Waals surface area contributed by atoms with Crippen LogP contribution in [0, 0.1) is 0 Å². The molecule has 0 aliphatic rings. The molecule has 0 N–H and O–H groups in total. The molecule has 0 fully saturated rings. The van der Waals surface area contributed by atoms with Crippen molar-refractivity contribution in [1.82, 2.24) is 0 Å². The van der Waals surface area contributed by atoms with Crippen LogP contribution in [0.5, 0.6) is 0 Å². The van der Waals surface area contributed by atoms with Crippen molar-refractivity contribution in [1.29, 1.82) is 0 Å². The third-order valence-corrected chi connectivity index (χ3v) is 2.76. The maximum absolute atomic E-state index is 11.9. The van der Waals surface area contributed by atoms with Gasteiger partial charge in [0.1, 0.15) is 5.76 Å². The van der Waals surface area contributed by atoms with Crippen LogP contribution in [0.25, 0.3) is 0 Å². The third kappa shape index (κ3) is 4.09. The Kier molecular flexibility index (Phi) is 5.12. The first kappa shape index (κ1) is 14.1. The molecule has 2 rings (SSSR count). The summed E-state index contributed by atoms with van der Waals surface area (Å²) in [7, 11) is 0. The number of carbonyl (C=O) groups is 1. The van der Waals surface area contributed by atoms with E-state index < -0.39 is 6.04 Å². The van der Waals surface area contributed by atoms with E-state index in [1.165, 1.54) is 0 Å². The predicted octanol–water partition coefficient (Wildman–Crippen LogP) is 2.87. The Bertz CT molecular complexity index is 546. The van der Waals surface area contributed by atoms with Gasteiger partial charge in [0.05, 0.1) is 19.1 Å². The number of carbonyl (C=O) groups excluding carboxylic acids is 1. The highest BCUT2D eigenvalue weighted by atomic mass is 16.5. The van der Waals surface area contributed by atoms with E-state index in [4.69, 9.17) is 9.15 Å². The van der Waals surface area contributed by atoms with Gasteiger partial charge < -0.3 is 9.15 Å². The van der Waals surface area contributed by atoms with Gasteiger partial charge in [-0.15, -0.1) is 0 Å². The van der Waals surface area contributed by atoms with Crippen LogP contribution in [0.4, 0.5) is 0 Å². The summed E-state index contributed by atoms with van der Waals surface area (Å²) in [5.74, 6) is 0.298. The largest absolute Gasteiger partial charge is 0.464 e. The van der Waals surface area contributed by atoms with Crippen molar-refractivity contribution in [2.24, 2.45) is 4.99 Å². The second-order valence-corrected chi connectivity index (χ2v) is 4.25. The summed E-state index contributed by atoms with van der Waals surface area (Å²) in [4.78, 5) is 16.2. The summed E-state index contributed by atoms with van der Waals surface area (Å²) in [5.41, 5.74) is 1.04. The van der Waals surface area contributed by atoms with E-state index in [1.807, 2.05) is 30.3 Å². The summed E-state index contributed by atoms with van der Waals surface area (Å²) in [5, 5.41) is 0. The van der Waals surface area contributed by atoms with Gasteiger partial charge in [-0.25, -0.2) is 4.79 Å². The Morgan fingerprint density at radius 3 is 2.75 bits per heavy atom. The summed E-state index contributed by atoms with van der Waals surface area (Å²) in [6.45, 7) is 2.13. The Morgan fingerprint density at radius 1 is 1.30 bits per heavy atom. The molecular formula is C16H17NO3. The second kappa shape index (κ2) is 7.28. The van der Waals surface area contributed by atoms with Gasteiger partial charge >= 0.3 is 5.97 Å². The number of rotatable bonds is 6. The molecule has 4 heteroatoms. The van der Waals surface area contributed by atoms with Crippen molar-refractivity contribution < 1.29 is 13.9 Å². The van der Waals surface area contributed by atoms with Crippen LogP contribution in [0.3, 0.4) is 0 Å². The molecule has 0 radical (unpaired) electrons. The Labute approximate surface area is 118 Å². The third-order valence-electron chi connectivity index (χ3n) is 2.76. The molecular weight excluding hydrogens is 254 g/mol. The number of esters is 1. The minimum atomic E-state index is -0.553. The number of hydrogen-bond acceptors (Lipinski definition) is 4. The van der Waals surface area contributed by atoms with Gasteiger partial charge in [0.25, 0.3) is 0 Å². The highest BCUT2D eigenvalue weighted by molar-refractivity contribution is 5.82. The van der Waals surface area contributed by atoms with Crippen molar-refractivity contribution >= 4 is 12.2 Å². The second-order valence-electron chi connectivity index (χ2n) is 4.25. The predicted molar refractivity (Wildman–Crippen MR) is 76.9 cm³/mol. The molecule has 1 atom stereocenters. The van der Waals surface area contributed by atoms with Crippen LogP contribution in [0.15, 0.2) is 58.1 Å². The lowest BCUT2D eigenvalue weighted by Crippen LogP contribution is -2.24.